The Morgan fingerprint density at radius 3 is 3.11 bits per heavy atom. The molecule has 0 unspecified atom stereocenters. The molecule has 1 aliphatic carbocycles. The van der Waals surface area contributed by atoms with Crippen molar-refractivity contribution in [1.82, 2.24) is 0 Å². The van der Waals surface area contributed by atoms with E-state index >= 15 is 0 Å². The van der Waals surface area contributed by atoms with Gasteiger partial charge in [-0.2, -0.15) is 0 Å². The van der Waals surface area contributed by atoms with E-state index in [1.165, 1.54) is 12.8 Å². The molecule has 0 saturated heterocycles. The van der Waals surface area contributed by atoms with Crippen molar-refractivity contribution in [2.45, 2.75) is 25.7 Å². The van der Waals surface area contributed by atoms with Gasteiger partial charge in [-0.3, -0.25) is 0 Å². The molecule has 0 heterocycles. The molecule has 9 heavy (non-hydrogen) atoms. The monoisotopic (exact) mass is 142 g/mol. The summed E-state index contributed by atoms with van der Waals surface area (Å²) in [6, 6.07) is 0. The Labute approximate surface area is 61.2 Å². The standard InChI is InChI=1S/C8H11Cl/c9-8-6-4-2-1-3-5-7-8/h1-2,6H,3-5,7H2/b2-1-,8-6+. The van der Waals surface area contributed by atoms with Crippen LogP contribution in [0.4, 0.5) is 0 Å². The predicted octanol–water partition coefficient (Wildman–Crippen LogP) is 3.24. The van der Waals surface area contributed by atoms with E-state index in [0.717, 1.165) is 17.9 Å². The zero-order chi connectivity index (χ0) is 6.53. The van der Waals surface area contributed by atoms with Crippen LogP contribution in [0.5, 0.6) is 0 Å². The maximum absolute atomic E-state index is 5.82. The summed E-state index contributed by atoms with van der Waals surface area (Å²) in [7, 11) is 0. The second kappa shape index (κ2) is 3.73. The van der Waals surface area contributed by atoms with Crippen LogP contribution in [0.15, 0.2) is 23.3 Å². The molecule has 0 saturated carbocycles. The fourth-order valence-electron chi connectivity index (χ4n) is 0.901. The molecular formula is C8H11Cl. The highest BCUT2D eigenvalue weighted by molar-refractivity contribution is 6.29. The minimum absolute atomic E-state index is 1.01. The summed E-state index contributed by atoms with van der Waals surface area (Å²) in [6.45, 7) is 0. The fraction of sp³-hybridized carbons (Fsp3) is 0.500. The second-order valence-corrected chi connectivity index (χ2v) is 2.74. The van der Waals surface area contributed by atoms with Crippen molar-refractivity contribution in [3.05, 3.63) is 23.3 Å². The molecule has 0 aromatic carbocycles. The van der Waals surface area contributed by atoms with Crippen molar-refractivity contribution in [2.75, 3.05) is 0 Å². The van der Waals surface area contributed by atoms with Gasteiger partial charge >= 0.3 is 0 Å². The fourth-order valence-corrected chi connectivity index (χ4v) is 1.12. The van der Waals surface area contributed by atoms with E-state index in [-0.39, 0.29) is 0 Å². The third-order valence-corrected chi connectivity index (χ3v) is 1.77. The average molecular weight is 143 g/mol. The molecule has 0 fully saturated rings. The molecule has 0 bridgehead atoms. The number of allylic oxidation sites excluding steroid dienone is 4. The van der Waals surface area contributed by atoms with Gasteiger partial charge in [-0.1, -0.05) is 29.8 Å². The van der Waals surface area contributed by atoms with E-state index in [0.29, 0.717) is 0 Å². The van der Waals surface area contributed by atoms with E-state index in [9.17, 15) is 0 Å². The first-order valence-corrected chi connectivity index (χ1v) is 3.77. The molecule has 0 aliphatic heterocycles. The molecule has 1 aliphatic rings. The van der Waals surface area contributed by atoms with Crippen molar-refractivity contribution in [1.29, 1.82) is 0 Å². The predicted molar refractivity (Wildman–Crippen MR) is 41.5 cm³/mol. The van der Waals surface area contributed by atoms with Gasteiger partial charge in [0.2, 0.25) is 0 Å². The molecule has 0 radical (unpaired) electrons. The largest absolute Gasteiger partial charge is 0.0895 e. The highest BCUT2D eigenvalue weighted by atomic mass is 35.5. The smallest absolute Gasteiger partial charge is 0.0144 e. The highest BCUT2D eigenvalue weighted by Crippen LogP contribution is 2.15. The van der Waals surface area contributed by atoms with Crippen molar-refractivity contribution in [3.63, 3.8) is 0 Å². The van der Waals surface area contributed by atoms with Crippen molar-refractivity contribution >= 4 is 11.6 Å². The van der Waals surface area contributed by atoms with Gasteiger partial charge in [-0.25, -0.2) is 0 Å². The van der Waals surface area contributed by atoms with E-state index < -0.39 is 0 Å². The summed E-state index contributed by atoms with van der Waals surface area (Å²) >= 11 is 5.82. The first kappa shape index (κ1) is 6.88. The van der Waals surface area contributed by atoms with E-state index in [2.05, 4.69) is 18.2 Å². The van der Waals surface area contributed by atoms with Gasteiger partial charge in [0.15, 0.2) is 0 Å². The van der Waals surface area contributed by atoms with Gasteiger partial charge < -0.3 is 0 Å². The zero-order valence-electron chi connectivity index (χ0n) is 5.44. The van der Waals surface area contributed by atoms with Gasteiger partial charge in [0.05, 0.1) is 0 Å². The SMILES string of the molecule is Cl/C1=C/C/C=C\CCC1. The summed E-state index contributed by atoms with van der Waals surface area (Å²) in [6.07, 6.45) is 10.9. The van der Waals surface area contributed by atoms with Gasteiger partial charge in [0.25, 0.3) is 0 Å². The molecule has 0 amide bonds. The molecule has 0 nitrogen and oxygen atoms in total. The van der Waals surface area contributed by atoms with Crippen LogP contribution in [0, 0.1) is 0 Å². The third kappa shape index (κ3) is 2.71. The van der Waals surface area contributed by atoms with E-state index in [1.54, 1.807) is 0 Å². The van der Waals surface area contributed by atoms with Crippen LogP contribution in [-0.4, -0.2) is 0 Å². The Kier molecular flexibility index (Phi) is 2.85. The molecule has 1 heteroatoms. The number of hydrogen-bond acceptors (Lipinski definition) is 0. The Morgan fingerprint density at radius 1 is 1.33 bits per heavy atom. The van der Waals surface area contributed by atoms with Crippen molar-refractivity contribution in [3.8, 4) is 0 Å². The molecule has 0 aromatic rings. The lowest BCUT2D eigenvalue weighted by molar-refractivity contribution is 0.847. The number of halogens is 1. The molecular weight excluding hydrogens is 132 g/mol. The second-order valence-electron chi connectivity index (χ2n) is 2.25. The lowest BCUT2D eigenvalue weighted by atomic mass is 10.1. The van der Waals surface area contributed by atoms with Gasteiger partial charge in [-0.15, -0.1) is 0 Å². The van der Waals surface area contributed by atoms with Crippen LogP contribution in [-0.2, 0) is 0 Å². The van der Waals surface area contributed by atoms with Crippen LogP contribution >= 0.6 is 11.6 Å². The van der Waals surface area contributed by atoms with E-state index in [4.69, 9.17) is 11.6 Å². The third-order valence-electron chi connectivity index (χ3n) is 1.43. The zero-order valence-corrected chi connectivity index (χ0v) is 6.19. The lowest BCUT2D eigenvalue weighted by Gasteiger charge is -1.98. The summed E-state index contributed by atoms with van der Waals surface area (Å²) in [5.41, 5.74) is 0. The van der Waals surface area contributed by atoms with Crippen LogP contribution < -0.4 is 0 Å². The summed E-state index contributed by atoms with van der Waals surface area (Å²) < 4.78 is 0. The minimum Gasteiger partial charge on any atom is -0.0895 e. The average Bonchev–Trinajstić information content (AvgIpc) is 1.79. The summed E-state index contributed by atoms with van der Waals surface area (Å²) in [5.74, 6) is 0. The highest BCUT2D eigenvalue weighted by Gasteiger charge is 1.92. The van der Waals surface area contributed by atoms with Crippen LogP contribution in [0.3, 0.4) is 0 Å². The van der Waals surface area contributed by atoms with Gasteiger partial charge in [0.1, 0.15) is 0 Å². The lowest BCUT2D eigenvalue weighted by Crippen LogP contribution is -1.78. The number of rotatable bonds is 0. The Morgan fingerprint density at radius 2 is 2.22 bits per heavy atom. The maximum Gasteiger partial charge on any atom is 0.0144 e. The molecule has 0 atom stereocenters. The van der Waals surface area contributed by atoms with Gasteiger partial charge in [-0.05, 0) is 25.7 Å². The summed E-state index contributed by atoms with van der Waals surface area (Å²) in [5, 5.41) is 1.03. The Bertz CT molecular complexity index is 134. The topological polar surface area (TPSA) is 0 Å². The quantitative estimate of drug-likeness (QED) is 0.456. The molecule has 0 N–H and O–H groups in total. The van der Waals surface area contributed by atoms with Crippen LogP contribution in [0.25, 0.3) is 0 Å². The maximum atomic E-state index is 5.82. The first-order valence-electron chi connectivity index (χ1n) is 3.39. The summed E-state index contributed by atoms with van der Waals surface area (Å²) in [4.78, 5) is 0. The first-order chi connectivity index (χ1) is 4.39. The Hall–Kier alpha value is -0.230. The van der Waals surface area contributed by atoms with Gasteiger partial charge in [0, 0.05) is 5.03 Å². The number of hydrogen-bond donors (Lipinski definition) is 0. The van der Waals surface area contributed by atoms with Crippen LogP contribution in [0.1, 0.15) is 25.7 Å². The molecule has 50 valence electrons. The Balaban J connectivity index is 2.44. The van der Waals surface area contributed by atoms with Crippen LogP contribution in [0.2, 0.25) is 0 Å². The molecule has 0 aromatic heterocycles. The molecule has 0 spiro atoms. The van der Waals surface area contributed by atoms with Crippen molar-refractivity contribution < 1.29 is 0 Å². The molecule has 1 rings (SSSR count). The van der Waals surface area contributed by atoms with E-state index in [1.807, 2.05) is 0 Å². The minimum atomic E-state index is 1.01. The van der Waals surface area contributed by atoms with Crippen molar-refractivity contribution in [2.24, 2.45) is 0 Å². The normalized spacial score (nSPS) is 29.7.